The van der Waals surface area contributed by atoms with E-state index in [0.29, 0.717) is 0 Å². The van der Waals surface area contributed by atoms with Crippen LogP contribution in [0.15, 0.2) is 22.7 Å². The van der Waals surface area contributed by atoms with E-state index in [2.05, 4.69) is 15.9 Å². The van der Waals surface area contributed by atoms with E-state index in [-0.39, 0.29) is 5.82 Å². The lowest BCUT2D eigenvalue weighted by atomic mass is 9.68. The lowest BCUT2D eigenvalue weighted by molar-refractivity contribution is 0.378. The van der Waals surface area contributed by atoms with Gasteiger partial charge < -0.3 is 9.68 Å². The van der Waals surface area contributed by atoms with Crippen LogP contribution in [0.4, 0.5) is 0 Å². The van der Waals surface area contributed by atoms with E-state index in [1.54, 1.807) is 0 Å². The van der Waals surface area contributed by atoms with Gasteiger partial charge in [-0.2, -0.15) is 0 Å². The van der Waals surface area contributed by atoms with Gasteiger partial charge in [-0.25, -0.2) is 0 Å². The van der Waals surface area contributed by atoms with Gasteiger partial charge in [-0.05, 0) is 30.2 Å². The van der Waals surface area contributed by atoms with Crippen molar-refractivity contribution in [1.29, 1.82) is 0 Å². The molecule has 1 unspecified atom stereocenters. The van der Waals surface area contributed by atoms with Crippen molar-refractivity contribution in [1.82, 2.24) is 0 Å². The summed E-state index contributed by atoms with van der Waals surface area (Å²) in [6, 6.07) is 5.84. The third-order valence-corrected chi connectivity index (χ3v) is 2.79. The van der Waals surface area contributed by atoms with E-state index in [0.717, 1.165) is 22.2 Å². The van der Waals surface area contributed by atoms with Gasteiger partial charge in [-0.15, -0.1) is 0 Å². The zero-order valence-corrected chi connectivity index (χ0v) is 8.91. The maximum Gasteiger partial charge on any atom is 0.525 e. The van der Waals surface area contributed by atoms with Gasteiger partial charge in [-0.3, -0.25) is 0 Å². The van der Waals surface area contributed by atoms with E-state index in [1.807, 2.05) is 25.1 Å². The summed E-state index contributed by atoms with van der Waals surface area (Å²) >= 11 is 3.41. The zero-order valence-electron chi connectivity index (χ0n) is 7.33. The van der Waals surface area contributed by atoms with Gasteiger partial charge in [0.1, 0.15) is 5.75 Å². The molecule has 68 valence electrons. The second-order valence-corrected chi connectivity index (χ2v) is 4.36. The molecule has 0 spiro atoms. The molecule has 0 amide bonds. The SMILES string of the molecule is CC1Cc2cc(Br)ccc2OB1O. The van der Waals surface area contributed by atoms with Crippen LogP contribution in [0.3, 0.4) is 0 Å². The smallest absolute Gasteiger partial charge is 0.525 e. The summed E-state index contributed by atoms with van der Waals surface area (Å²) in [6.07, 6.45) is 0.871. The number of rotatable bonds is 0. The fourth-order valence-corrected chi connectivity index (χ4v) is 1.92. The minimum Gasteiger partial charge on any atom is -0.536 e. The van der Waals surface area contributed by atoms with Crippen molar-refractivity contribution in [2.75, 3.05) is 0 Å². The number of hydrogen-bond donors (Lipinski definition) is 1. The third kappa shape index (κ3) is 1.74. The molecule has 2 nitrogen and oxygen atoms in total. The predicted molar refractivity (Wildman–Crippen MR) is 55.9 cm³/mol. The van der Waals surface area contributed by atoms with E-state index in [1.165, 1.54) is 0 Å². The van der Waals surface area contributed by atoms with Crippen molar-refractivity contribution >= 4 is 23.0 Å². The van der Waals surface area contributed by atoms with Gasteiger partial charge in [0.15, 0.2) is 0 Å². The van der Waals surface area contributed by atoms with Crippen molar-refractivity contribution in [3.8, 4) is 5.75 Å². The van der Waals surface area contributed by atoms with Crippen LogP contribution in [0, 0.1) is 0 Å². The summed E-state index contributed by atoms with van der Waals surface area (Å²) in [5.74, 6) is 0.968. The normalized spacial score (nSPS) is 20.8. The van der Waals surface area contributed by atoms with Crippen molar-refractivity contribution in [2.45, 2.75) is 19.2 Å². The highest BCUT2D eigenvalue weighted by Gasteiger charge is 2.30. The Hall–Kier alpha value is -0.475. The minimum absolute atomic E-state index is 0.168. The molecule has 2 rings (SSSR count). The van der Waals surface area contributed by atoms with Gasteiger partial charge in [0, 0.05) is 10.3 Å². The van der Waals surface area contributed by atoms with E-state index >= 15 is 0 Å². The average molecular weight is 241 g/mol. The van der Waals surface area contributed by atoms with Crippen LogP contribution in [-0.2, 0) is 6.42 Å². The molecule has 4 heteroatoms. The molecule has 1 aromatic rings. The van der Waals surface area contributed by atoms with Crippen LogP contribution in [0.1, 0.15) is 12.5 Å². The Morgan fingerprint density at radius 1 is 1.62 bits per heavy atom. The van der Waals surface area contributed by atoms with Gasteiger partial charge >= 0.3 is 7.12 Å². The number of benzene rings is 1. The topological polar surface area (TPSA) is 29.5 Å². The van der Waals surface area contributed by atoms with Crippen LogP contribution in [0.5, 0.6) is 5.75 Å². The molecule has 1 N–H and O–H groups in total. The van der Waals surface area contributed by atoms with Crippen molar-refractivity contribution in [3.05, 3.63) is 28.2 Å². The summed E-state index contributed by atoms with van der Waals surface area (Å²) in [6.45, 7) is 1.98. The Bertz CT molecular complexity index is 329. The van der Waals surface area contributed by atoms with Crippen LogP contribution in [0.2, 0.25) is 5.82 Å². The van der Waals surface area contributed by atoms with Gasteiger partial charge in [-0.1, -0.05) is 22.9 Å². The number of hydrogen-bond acceptors (Lipinski definition) is 2. The Kier molecular flexibility index (Phi) is 2.34. The molecule has 1 heterocycles. The molecular formula is C9H10BBrO2. The lowest BCUT2D eigenvalue weighted by Gasteiger charge is -2.24. The Labute approximate surface area is 86.2 Å². The molecule has 0 saturated carbocycles. The minimum atomic E-state index is -0.659. The first-order chi connectivity index (χ1) is 6.16. The highest BCUT2D eigenvalue weighted by atomic mass is 79.9. The van der Waals surface area contributed by atoms with Crippen LogP contribution >= 0.6 is 15.9 Å². The highest BCUT2D eigenvalue weighted by molar-refractivity contribution is 9.10. The molecule has 1 aliphatic heterocycles. The molecule has 0 fully saturated rings. The quantitative estimate of drug-likeness (QED) is 0.705. The van der Waals surface area contributed by atoms with E-state index in [4.69, 9.17) is 4.65 Å². The van der Waals surface area contributed by atoms with Crippen LogP contribution in [-0.4, -0.2) is 12.1 Å². The fraction of sp³-hybridized carbons (Fsp3) is 0.333. The molecular weight excluding hydrogens is 231 g/mol. The monoisotopic (exact) mass is 240 g/mol. The van der Waals surface area contributed by atoms with E-state index < -0.39 is 7.12 Å². The molecule has 1 atom stereocenters. The number of fused-ring (bicyclic) bond motifs is 1. The second kappa shape index (κ2) is 3.35. The summed E-state index contributed by atoms with van der Waals surface area (Å²) in [7, 11) is -0.659. The lowest BCUT2D eigenvalue weighted by Crippen LogP contribution is -2.32. The number of halogens is 1. The Balaban J connectivity index is 2.37. The molecule has 1 aliphatic rings. The summed E-state index contributed by atoms with van der Waals surface area (Å²) in [4.78, 5) is 0. The highest BCUT2D eigenvalue weighted by Crippen LogP contribution is 2.32. The Morgan fingerprint density at radius 3 is 3.15 bits per heavy atom. The first kappa shape index (κ1) is 9.09. The summed E-state index contributed by atoms with van der Waals surface area (Å²) < 4.78 is 6.39. The van der Waals surface area contributed by atoms with E-state index in [9.17, 15) is 5.02 Å². The molecule has 0 saturated heterocycles. The maximum atomic E-state index is 9.46. The molecule has 0 aliphatic carbocycles. The standard InChI is InChI=1S/C9H10BBrO2/c1-6-4-7-5-8(11)2-3-9(7)13-10(6)12/h2-3,5-6,12H,4H2,1H3. The molecule has 0 radical (unpaired) electrons. The van der Waals surface area contributed by atoms with Crippen molar-refractivity contribution < 1.29 is 9.68 Å². The molecule has 0 bridgehead atoms. The molecule has 1 aromatic carbocycles. The largest absolute Gasteiger partial charge is 0.536 e. The average Bonchev–Trinajstić information content (AvgIpc) is 2.08. The first-order valence-electron chi connectivity index (χ1n) is 4.30. The first-order valence-corrected chi connectivity index (χ1v) is 5.09. The summed E-state index contributed by atoms with van der Waals surface area (Å²) in [5.41, 5.74) is 1.16. The van der Waals surface area contributed by atoms with Gasteiger partial charge in [0.2, 0.25) is 0 Å². The third-order valence-electron chi connectivity index (χ3n) is 2.30. The summed E-state index contributed by atoms with van der Waals surface area (Å²) in [5, 5.41) is 9.46. The molecule has 13 heavy (non-hydrogen) atoms. The van der Waals surface area contributed by atoms with Crippen molar-refractivity contribution in [2.24, 2.45) is 0 Å². The molecule has 0 aromatic heterocycles. The Morgan fingerprint density at radius 2 is 2.38 bits per heavy atom. The van der Waals surface area contributed by atoms with Gasteiger partial charge in [0.25, 0.3) is 0 Å². The predicted octanol–water partition coefficient (Wildman–Crippen LogP) is 2.25. The maximum absolute atomic E-state index is 9.46. The van der Waals surface area contributed by atoms with Gasteiger partial charge in [0.05, 0.1) is 0 Å². The fourth-order valence-electron chi connectivity index (χ4n) is 1.52. The second-order valence-electron chi connectivity index (χ2n) is 3.44. The van der Waals surface area contributed by atoms with Crippen LogP contribution in [0.25, 0.3) is 0 Å². The van der Waals surface area contributed by atoms with Crippen LogP contribution < -0.4 is 4.65 Å². The zero-order chi connectivity index (χ0) is 9.42. The van der Waals surface area contributed by atoms with Crippen molar-refractivity contribution in [3.63, 3.8) is 0 Å².